The molecule has 0 heterocycles. The van der Waals surface area contributed by atoms with Gasteiger partial charge in [0.1, 0.15) is 0 Å². The Bertz CT molecular complexity index is 228. The van der Waals surface area contributed by atoms with Crippen molar-refractivity contribution in [1.82, 2.24) is 10.6 Å². The molecule has 0 spiro atoms. The van der Waals surface area contributed by atoms with E-state index in [0.717, 1.165) is 45.1 Å². The molecule has 0 amide bonds. The molecule has 3 N–H and O–H groups in total. The molecule has 0 aromatic rings. The zero-order valence-electron chi connectivity index (χ0n) is 13.2. The molecule has 0 radical (unpaired) electrons. The molecule has 0 saturated heterocycles. The molecule has 1 unspecified atom stereocenters. The summed E-state index contributed by atoms with van der Waals surface area (Å²) >= 11 is 0. The number of hydrogen-bond acceptors (Lipinski definition) is 3. The summed E-state index contributed by atoms with van der Waals surface area (Å²) < 4.78 is 5.50. The highest BCUT2D eigenvalue weighted by atomic mass is 127. The first-order chi connectivity index (χ1) is 9.24. The fourth-order valence-electron chi connectivity index (χ4n) is 1.38. The molecule has 0 fully saturated rings. The molecule has 0 aliphatic rings. The van der Waals surface area contributed by atoms with Crippen LogP contribution in [0.25, 0.3) is 0 Å². The van der Waals surface area contributed by atoms with Crippen LogP contribution in [-0.4, -0.2) is 50.5 Å². The average Bonchev–Trinajstić information content (AvgIpc) is 2.43. The molecule has 5 nitrogen and oxygen atoms in total. The van der Waals surface area contributed by atoms with Crippen LogP contribution in [0.4, 0.5) is 0 Å². The Labute approximate surface area is 141 Å². The van der Waals surface area contributed by atoms with Crippen LogP contribution in [0.2, 0.25) is 0 Å². The van der Waals surface area contributed by atoms with Crippen LogP contribution in [-0.2, 0) is 4.74 Å². The van der Waals surface area contributed by atoms with E-state index < -0.39 is 0 Å². The van der Waals surface area contributed by atoms with Crippen molar-refractivity contribution in [1.29, 1.82) is 0 Å². The third-order valence-electron chi connectivity index (χ3n) is 2.62. The number of unbranched alkanes of at least 4 members (excludes halogenated alkanes) is 1. The first kappa shape index (κ1) is 22.2. The topological polar surface area (TPSA) is 65.9 Å². The smallest absolute Gasteiger partial charge is 0.191 e. The Hall–Kier alpha value is -0.0800. The van der Waals surface area contributed by atoms with Gasteiger partial charge < -0.3 is 20.5 Å². The average molecular weight is 401 g/mol. The van der Waals surface area contributed by atoms with E-state index in [0.29, 0.717) is 6.54 Å². The van der Waals surface area contributed by atoms with E-state index in [1.807, 2.05) is 13.8 Å². The zero-order chi connectivity index (χ0) is 14.3. The SMILES string of the molecule is CCCCOCCCNC(=NCC(C)CO)NCC.I. The fraction of sp³-hybridized carbons (Fsp3) is 0.929. The highest BCUT2D eigenvalue weighted by molar-refractivity contribution is 14.0. The monoisotopic (exact) mass is 401 g/mol. The minimum absolute atomic E-state index is 0. The van der Waals surface area contributed by atoms with Gasteiger partial charge in [0.05, 0.1) is 0 Å². The number of nitrogens with zero attached hydrogens (tertiary/aromatic N) is 1. The first-order valence-corrected chi connectivity index (χ1v) is 7.45. The standard InChI is InChI=1S/C14H31N3O2.HI/c1-4-6-9-19-10-7-8-16-14(15-5-2)17-11-13(3)12-18;/h13,18H,4-12H2,1-3H3,(H2,15,16,17);1H. The van der Waals surface area contributed by atoms with Gasteiger partial charge in [0.2, 0.25) is 0 Å². The fourth-order valence-corrected chi connectivity index (χ4v) is 1.38. The van der Waals surface area contributed by atoms with E-state index in [-0.39, 0.29) is 36.5 Å². The number of halogens is 1. The van der Waals surface area contributed by atoms with Crippen molar-refractivity contribution in [3.05, 3.63) is 0 Å². The molecule has 0 aromatic heterocycles. The maximum Gasteiger partial charge on any atom is 0.191 e. The summed E-state index contributed by atoms with van der Waals surface area (Å²) in [6.07, 6.45) is 3.29. The molecule has 0 rings (SSSR count). The lowest BCUT2D eigenvalue weighted by molar-refractivity contribution is 0.129. The Morgan fingerprint density at radius 3 is 2.50 bits per heavy atom. The zero-order valence-corrected chi connectivity index (χ0v) is 15.5. The van der Waals surface area contributed by atoms with E-state index >= 15 is 0 Å². The maximum atomic E-state index is 8.97. The lowest BCUT2D eigenvalue weighted by Crippen LogP contribution is -2.38. The summed E-state index contributed by atoms with van der Waals surface area (Å²) in [6.45, 7) is 10.3. The molecular formula is C14H32IN3O2. The lowest BCUT2D eigenvalue weighted by Gasteiger charge is -2.12. The van der Waals surface area contributed by atoms with E-state index in [9.17, 15) is 0 Å². The molecule has 6 heteroatoms. The minimum atomic E-state index is 0. The largest absolute Gasteiger partial charge is 0.396 e. The van der Waals surface area contributed by atoms with Crippen molar-refractivity contribution in [3.63, 3.8) is 0 Å². The van der Waals surface area contributed by atoms with E-state index in [2.05, 4.69) is 22.5 Å². The van der Waals surface area contributed by atoms with Crippen LogP contribution in [0.3, 0.4) is 0 Å². The van der Waals surface area contributed by atoms with Crippen LogP contribution < -0.4 is 10.6 Å². The number of aliphatic hydroxyl groups is 1. The summed E-state index contributed by atoms with van der Waals surface area (Å²) in [7, 11) is 0. The van der Waals surface area contributed by atoms with Crippen molar-refractivity contribution in [2.75, 3.05) is 39.5 Å². The van der Waals surface area contributed by atoms with Crippen molar-refractivity contribution in [2.45, 2.75) is 40.0 Å². The lowest BCUT2D eigenvalue weighted by atomic mass is 10.2. The Morgan fingerprint density at radius 2 is 1.90 bits per heavy atom. The second-order valence-electron chi connectivity index (χ2n) is 4.75. The molecule has 0 bridgehead atoms. The number of aliphatic imine (C=N–C) groups is 1. The molecule has 0 aliphatic carbocycles. The number of hydrogen-bond donors (Lipinski definition) is 3. The minimum Gasteiger partial charge on any atom is -0.396 e. The molecule has 0 aromatic carbocycles. The Kier molecular flexibility index (Phi) is 18.8. The van der Waals surface area contributed by atoms with Crippen LogP contribution in [0, 0.1) is 5.92 Å². The quantitative estimate of drug-likeness (QED) is 0.215. The van der Waals surface area contributed by atoms with Gasteiger partial charge >= 0.3 is 0 Å². The third kappa shape index (κ3) is 14.3. The van der Waals surface area contributed by atoms with Gasteiger partial charge in [0.25, 0.3) is 0 Å². The Balaban J connectivity index is 0. The number of rotatable bonds is 11. The van der Waals surface area contributed by atoms with Gasteiger partial charge in [-0.1, -0.05) is 20.3 Å². The normalized spacial score (nSPS) is 12.7. The molecule has 0 saturated carbocycles. The molecule has 20 heavy (non-hydrogen) atoms. The van der Waals surface area contributed by atoms with Crippen LogP contribution in [0.5, 0.6) is 0 Å². The second kappa shape index (κ2) is 17.0. The van der Waals surface area contributed by atoms with Gasteiger partial charge in [-0.2, -0.15) is 0 Å². The number of guanidine groups is 1. The van der Waals surface area contributed by atoms with E-state index in [1.54, 1.807) is 0 Å². The van der Waals surface area contributed by atoms with Gasteiger partial charge in [-0.25, -0.2) is 0 Å². The predicted octanol–water partition coefficient (Wildman–Crippen LogP) is 1.99. The summed E-state index contributed by atoms with van der Waals surface area (Å²) in [5.41, 5.74) is 0. The van der Waals surface area contributed by atoms with E-state index in [4.69, 9.17) is 9.84 Å². The third-order valence-corrected chi connectivity index (χ3v) is 2.62. The summed E-state index contributed by atoms with van der Waals surface area (Å²) in [5, 5.41) is 15.4. The maximum absolute atomic E-state index is 8.97. The summed E-state index contributed by atoms with van der Waals surface area (Å²) in [5.74, 6) is 1.02. The van der Waals surface area contributed by atoms with Crippen molar-refractivity contribution >= 4 is 29.9 Å². The molecule has 0 aliphatic heterocycles. The van der Waals surface area contributed by atoms with E-state index in [1.165, 1.54) is 6.42 Å². The van der Waals surface area contributed by atoms with Gasteiger partial charge in [0, 0.05) is 39.5 Å². The van der Waals surface area contributed by atoms with Crippen LogP contribution >= 0.6 is 24.0 Å². The molecule has 122 valence electrons. The van der Waals surface area contributed by atoms with Crippen molar-refractivity contribution in [3.8, 4) is 0 Å². The number of aliphatic hydroxyl groups excluding tert-OH is 1. The van der Waals surface area contributed by atoms with Crippen LogP contribution in [0.1, 0.15) is 40.0 Å². The highest BCUT2D eigenvalue weighted by Crippen LogP contribution is 1.93. The number of ether oxygens (including phenoxy) is 1. The van der Waals surface area contributed by atoms with Gasteiger partial charge in [-0.3, -0.25) is 4.99 Å². The predicted molar refractivity (Wildman–Crippen MR) is 96.0 cm³/mol. The highest BCUT2D eigenvalue weighted by Gasteiger charge is 2.00. The molecule has 1 atom stereocenters. The van der Waals surface area contributed by atoms with Gasteiger partial charge in [-0.05, 0) is 25.7 Å². The summed E-state index contributed by atoms with van der Waals surface area (Å²) in [4.78, 5) is 4.43. The Morgan fingerprint density at radius 1 is 1.20 bits per heavy atom. The van der Waals surface area contributed by atoms with Crippen molar-refractivity contribution < 1.29 is 9.84 Å². The van der Waals surface area contributed by atoms with Crippen molar-refractivity contribution in [2.24, 2.45) is 10.9 Å². The number of nitrogens with one attached hydrogen (secondary N) is 2. The molecular weight excluding hydrogens is 369 g/mol. The summed E-state index contributed by atoms with van der Waals surface area (Å²) in [6, 6.07) is 0. The second-order valence-corrected chi connectivity index (χ2v) is 4.75. The van der Waals surface area contributed by atoms with Gasteiger partial charge in [0.15, 0.2) is 5.96 Å². The first-order valence-electron chi connectivity index (χ1n) is 7.45. The van der Waals surface area contributed by atoms with Gasteiger partial charge in [-0.15, -0.1) is 24.0 Å². The van der Waals surface area contributed by atoms with Crippen LogP contribution in [0.15, 0.2) is 4.99 Å².